The number of halogens is 1. The van der Waals surface area contributed by atoms with Gasteiger partial charge in [-0.1, -0.05) is 31.2 Å². The fourth-order valence-corrected chi connectivity index (χ4v) is 6.43. The number of piperidine rings is 1. The molecule has 33 heavy (non-hydrogen) atoms. The highest BCUT2D eigenvalue weighted by Gasteiger charge is 2.67. The summed E-state index contributed by atoms with van der Waals surface area (Å²) in [6.45, 7) is 2.26. The van der Waals surface area contributed by atoms with Gasteiger partial charge in [0.2, 0.25) is 5.91 Å². The van der Waals surface area contributed by atoms with Gasteiger partial charge in [0.25, 0.3) is 0 Å². The summed E-state index contributed by atoms with van der Waals surface area (Å²) in [5.74, 6) is 1.90. The summed E-state index contributed by atoms with van der Waals surface area (Å²) in [6, 6.07) is 12.5. The summed E-state index contributed by atoms with van der Waals surface area (Å²) in [6.07, 6.45) is 3.13. The molecule has 0 spiro atoms. The van der Waals surface area contributed by atoms with Crippen LogP contribution >= 0.6 is 0 Å². The van der Waals surface area contributed by atoms with E-state index in [-0.39, 0.29) is 24.2 Å². The zero-order valence-electron chi connectivity index (χ0n) is 18.6. The van der Waals surface area contributed by atoms with Crippen molar-refractivity contribution in [1.82, 2.24) is 20.4 Å². The maximum absolute atomic E-state index is 15.0. The first-order valence-electron chi connectivity index (χ1n) is 11.6. The lowest BCUT2D eigenvalue weighted by atomic mass is 9.94. The van der Waals surface area contributed by atoms with E-state index < -0.39 is 6.04 Å². The molecule has 3 aromatic rings. The van der Waals surface area contributed by atoms with E-state index in [9.17, 15) is 14.4 Å². The minimum absolute atomic E-state index is 0.132. The number of hydrogen-bond acceptors (Lipinski definition) is 4. The Morgan fingerprint density at radius 3 is 2.85 bits per heavy atom. The third-order valence-electron chi connectivity index (χ3n) is 8.01. The van der Waals surface area contributed by atoms with Gasteiger partial charge in [-0.3, -0.25) is 9.48 Å². The van der Waals surface area contributed by atoms with E-state index in [1.165, 1.54) is 6.07 Å². The first-order valence-corrected chi connectivity index (χ1v) is 11.6. The molecule has 3 fully saturated rings. The lowest BCUT2D eigenvalue weighted by molar-refractivity contribution is -0.124. The Balaban J connectivity index is 1.15. The van der Waals surface area contributed by atoms with Crippen LogP contribution in [0.1, 0.15) is 18.9 Å². The summed E-state index contributed by atoms with van der Waals surface area (Å²) >= 11 is 0. The number of amides is 1. The van der Waals surface area contributed by atoms with Crippen LogP contribution in [0.3, 0.4) is 0 Å². The van der Waals surface area contributed by atoms with Crippen LogP contribution in [0.25, 0.3) is 22.0 Å². The third kappa shape index (κ3) is 3.32. The number of nitrogens with zero attached hydrogens (tertiary/aromatic N) is 3. The minimum atomic E-state index is -0.768. The zero-order valence-corrected chi connectivity index (χ0v) is 18.6. The monoisotopic (exact) mass is 443 g/mol. The van der Waals surface area contributed by atoms with Crippen molar-refractivity contribution in [2.75, 3.05) is 0 Å². The molecular formula is C26H26FN5O. The molecular weight excluding hydrogens is 417 g/mol. The molecule has 7 heteroatoms. The first-order chi connectivity index (χ1) is 15.9. The van der Waals surface area contributed by atoms with Crippen molar-refractivity contribution in [3.63, 3.8) is 0 Å². The zero-order chi connectivity index (χ0) is 22.9. The average molecular weight is 444 g/mol. The molecule has 0 radical (unpaired) electrons. The van der Waals surface area contributed by atoms with Crippen LogP contribution in [0.5, 0.6) is 0 Å². The van der Waals surface area contributed by atoms with Crippen LogP contribution in [-0.4, -0.2) is 33.8 Å². The largest absolute Gasteiger partial charge is 0.339 e. The standard InChI is InChI=1S/C26H26FN5O/c1-13-23-19-10-22(24(13)23)30-25(19)26(33)29-18(11-28)7-16-5-3-14(8-20(16)27)15-4-6-17-12-32(2)31-21(17)9-15/h3-6,8-9,12-13,18-19,22-25,30H,7,10H2,1-2H3,(H,29,33)/t13-,18-,19+,22-,23-,24+,25-/m0/s1. The molecule has 168 valence electrons. The van der Waals surface area contributed by atoms with Crippen molar-refractivity contribution in [3.05, 3.63) is 54.0 Å². The van der Waals surface area contributed by atoms with Gasteiger partial charge >= 0.3 is 0 Å². The van der Waals surface area contributed by atoms with Crippen LogP contribution in [0.4, 0.5) is 4.39 Å². The Hall–Kier alpha value is -3.24. The van der Waals surface area contributed by atoms with Crippen molar-refractivity contribution in [3.8, 4) is 17.2 Å². The van der Waals surface area contributed by atoms with Crippen LogP contribution in [0.2, 0.25) is 0 Å². The molecule has 1 aliphatic heterocycles. The van der Waals surface area contributed by atoms with Crippen LogP contribution in [0.15, 0.2) is 42.6 Å². The summed E-state index contributed by atoms with van der Waals surface area (Å²) in [5, 5.41) is 21.4. The second-order valence-corrected chi connectivity index (χ2v) is 9.94. The van der Waals surface area contributed by atoms with E-state index in [1.807, 2.05) is 37.5 Å². The third-order valence-corrected chi connectivity index (χ3v) is 8.01. The van der Waals surface area contributed by atoms with Crippen molar-refractivity contribution < 1.29 is 9.18 Å². The van der Waals surface area contributed by atoms with E-state index in [0.29, 0.717) is 29.4 Å². The highest BCUT2D eigenvalue weighted by molar-refractivity contribution is 5.84. The molecule has 1 aromatic heterocycles. The molecule has 1 amide bonds. The van der Waals surface area contributed by atoms with Crippen LogP contribution in [-0.2, 0) is 18.3 Å². The van der Waals surface area contributed by atoms with Gasteiger partial charge in [-0.2, -0.15) is 10.4 Å². The first kappa shape index (κ1) is 20.4. The maximum atomic E-state index is 15.0. The molecule has 2 bridgehead atoms. The molecule has 2 saturated carbocycles. The molecule has 2 N–H and O–H groups in total. The molecule has 2 aromatic carbocycles. The number of benzene rings is 2. The molecule has 6 nitrogen and oxygen atoms in total. The van der Waals surface area contributed by atoms with Gasteiger partial charge in [0.05, 0.1) is 17.6 Å². The number of hydrogen-bond donors (Lipinski definition) is 2. The maximum Gasteiger partial charge on any atom is 0.238 e. The molecule has 2 aliphatic carbocycles. The Labute approximate surface area is 191 Å². The SMILES string of the molecule is C[C@H]1[C@H]2[C@H]3C[C@H](N[C@@H]3C(=O)N[C@H](C#N)Cc3ccc(-c4ccc5cn(C)nc5c4)cc3F)[C@@H]12. The Morgan fingerprint density at radius 1 is 1.30 bits per heavy atom. The van der Waals surface area contributed by atoms with Gasteiger partial charge in [0, 0.05) is 31.1 Å². The van der Waals surface area contributed by atoms with Gasteiger partial charge in [0.15, 0.2) is 0 Å². The number of nitriles is 1. The second-order valence-electron chi connectivity index (χ2n) is 9.94. The summed E-state index contributed by atoms with van der Waals surface area (Å²) in [4.78, 5) is 12.9. The highest BCUT2D eigenvalue weighted by Crippen LogP contribution is 2.64. The van der Waals surface area contributed by atoms with Crippen molar-refractivity contribution in [1.29, 1.82) is 5.26 Å². The van der Waals surface area contributed by atoms with Gasteiger partial charge in [-0.25, -0.2) is 4.39 Å². The molecule has 6 rings (SSSR count). The van der Waals surface area contributed by atoms with Crippen molar-refractivity contribution in [2.24, 2.45) is 30.7 Å². The fraction of sp³-hybridized carbons (Fsp3) is 0.423. The number of carbonyl (C=O) groups is 1. The van der Waals surface area contributed by atoms with E-state index in [1.54, 1.807) is 10.7 Å². The topological polar surface area (TPSA) is 82.7 Å². The van der Waals surface area contributed by atoms with Crippen LogP contribution < -0.4 is 10.6 Å². The van der Waals surface area contributed by atoms with Crippen molar-refractivity contribution >= 4 is 16.8 Å². The normalized spacial score (nSPS) is 30.1. The number of carbonyl (C=O) groups excluding carboxylic acids is 1. The Bertz CT molecular complexity index is 1310. The van der Waals surface area contributed by atoms with Crippen molar-refractivity contribution in [2.45, 2.75) is 37.9 Å². The molecule has 1 saturated heterocycles. The lowest BCUT2D eigenvalue weighted by Crippen LogP contribution is -2.51. The molecule has 7 atom stereocenters. The summed E-state index contributed by atoms with van der Waals surface area (Å²) in [7, 11) is 1.87. The molecule has 2 heterocycles. The van der Waals surface area contributed by atoms with E-state index in [0.717, 1.165) is 34.4 Å². The van der Waals surface area contributed by atoms with E-state index >= 15 is 0 Å². The number of rotatable bonds is 5. The minimum Gasteiger partial charge on any atom is -0.339 e. The van der Waals surface area contributed by atoms with Gasteiger partial charge in [-0.05, 0) is 58.9 Å². The Kier molecular flexibility index (Phi) is 4.56. The lowest BCUT2D eigenvalue weighted by Gasteiger charge is -2.23. The van der Waals surface area contributed by atoms with Gasteiger partial charge in [-0.15, -0.1) is 0 Å². The molecule has 3 aliphatic rings. The second kappa shape index (κ2) is 7.39. The molecule has 0 unspecified atom stereocenters. The predicted octanol–water partition coefficient (Wildman–Crippen LogP) is 3.17. The highest BCUT2D eigenvalue weighted by atomic mass is 19.1. The number of aromatic nitrogens is 2. The average Bonchev–Trinajstić information content (AvgIpc) is 3.15. The number of aryl methyl sites for hydroxylation is 1. The Morgan fingerprint density at radius 2 is 2.09 bits per heavy atom. The quantitative estimate of drug-likeness (QED) is 0.635. The smallest absolute Gasteiger partial charge is 0.238 e. The van der Waals surface area contributed by atoms with Gasteiger partial charge in [0.1, 0.15) is 11.9 Å². The predicted molar refractivity (Wildman–Crippen MR) is 122 cm³/mol. The fourth-order valence-electron chi connectivity index (χ4n) is 6.43. The van der Waals surface area contributed by atoms with E-state index in [4.69, 9.17) is 0 Å². The van der Waals surface area contributed by atoms with E-state index in [2.05, 4.69) is 28.7 Å². The summed E-state index contributed by atoms with van der Waals surface area (Å²) in [5.41, 5.74) is 2.90. The summed E-state index contributed by atoms with van der Waals surface area (Å²) < 4.78 is 16.7. The number of fused-ring (bicyclic) bond motifs is 6. The number of nitrogens with one attached hydrogen (secondary N) is 2. The van der Waals surface area contributed by atoms with Crippen LogP contribution in [0, 0.1) is 40.8 Å². The van der Waals surface area contributed by atoms with Gasteiger partial charge < -0.3 is 10.6 Å².